The van der Waals surface area contributed by atoms with Crippen LogP contribution < -0.4 is 11.1 Å². The van der Waals surface area contributed by atoms with Crippen LogP contribution in [0, 0.1) is 5.92 Å². The zero-order valence-corrected chi connectivity index (χ0v) is 19.5. The van der Waals surface area contributed by atoms with Gasteiger partial charge in [0, 0.05) is 12.1 Å². The normalized spacial score (nSPS) is 20.5. The Morgan fingerprint density at radius 2 is 1.68 bits per heavy atom. The first-order valence-electron chi connectivity index (χ1n) is 11.3. The van der Waals surface area contributed by atoms with Crippen LogP contribution in [0.1, 0.15) is 69.7 Å². The Kier molecular flexibility index (Phi) is 9.26. The quantitative estimate of drug-likeness (QED) is 0.510. The van der Waals surface area contributed by atoms with Crippen LogP contribution in [0.3, 0.4) is 0 Å². The van der Waals surface area contributed by atoms with Crippen LogP contribution in [0.15, 0.2) is 36.4 Å². The number of benzene rings is 1. The van der Waals surface area contributed by atoms with Crippen molar-refractivity contribution in [3.8, 4) is 0 Å². The van der Waals surface area contributed by atoms with Crippen LogP contribution >= 0.6 is 0 Å². The maximum Gasteiger partial charge on any atom is 0.490 e. The molecule has 2 amide bonds. The maximum atomic E-state index is 12.9. The van der Waals surface area contributed by atoms with Gasteiger partial charge in [-0.05, 0) is 42.7 Å². The molecule has 1 aromatic rings. The summed E-state index contributed by atoms with van der Waals surface area (Å²) in [4.78, 5) is 36.0. The Morgan fingerprint density at radius 3 is 2.09 bits per heavy atom. The van der Waals surface area contributed by atoms with Crippen molar-refractivity contribution in [2.75, 3.05) is 0 Å². The van der Waals surface area contributed by atoms with Gasteiger partial charge >= 0.3 is 12.1 Å². The van der Waals surface area contributed by atoms with Gasteiger partial charge < -0.3 is 21.1 Å². The number of hydrogen-bond donors (Lipinski definition) is 3. The molecule has 0 spiro atoms. The van der Waals surface area contributed by atoms with Gasteiger partial charge in [0.05, 0.1) is 18.1 Å². The van der Waals surface area contributed by atoms with E-state index in [-0.39, 0.29) is 29.9 Å². The molecule has 0 aliphatic carbocycles. The molecular weight excluding hydrogens is 451 g/mol. The molecule has 1 aromatic carbocycles. The van der Waals surface area contributed by atoms with Crippen molar-refractivity contribution in [2.45, 2.75) is 76.8 Å². The second kappa shape index (κ2) is 11.5. The Hall–Kier alpha value is -2.88. The van der Waals surface area contributed by atoms with E-state index in [1.54, 1.807) is 6.08 Å². The SMILES string of the molecule is CC[C@H](N)C(=O)N[C@H](/C=C/C(=O)N1[C@@H]2CC[C@H]1c1ccccc12)CC(C)C.O=C(O)C(F)(F)F. The smallest absolute Gasteiger partial charge is 0.475 e. The molecule has 188 valence electrons. The highest BCUT2D eigenvalue weighted by Gasteiger charge is 2.45. The summed E-state index contributed by atoms with van der Waals surface area (Å²) in [5.41, 5.74) is 8.41. The molecule has 2 aliphatic rings. The third-order valence-electron chi connectivity index (χ3n) is 5.90. The van der Waals surface area contributed by atoms with E-state index in [0.717, 1.165) is 19.3 Å². The first-order valence-corrected chi connectivity index (χ1v) is 11.3. The van der Waals surface area contributed by atoms with Crippen molar-refractivity contribution in [3.05, 3.63) is 47.5 Å². The van der Waals surface area contributed by atoms with E-state index in [4.69, 9.17) is 15.6 Å². The third kappa shape index (κ3) is 6.82. The monoisotopic (exact) mass is 483 g/mol. The fourth-order valence-electron chi connectivity index (χ4n) is 4.30. The van der Waals surface area contributed by atoms with Crippen LogP contribution in [0.25, 0.3) is 0 Å². The number of amides is 2. The predicted octanol–water partition coefficient (Wildman–Crippen LogP) is 3.86. The van der Waals surface area contributed by atoms with E-state index in [1.165, 1.54) is 11.1 Å². The van der Waals surface area contributed by atoms with Crippen LogP contribution in [-0.4, -0.2) is 46.1 Å². The number of nitrogens with one attached hydrogen (secondary N) is 1. The van der Waals surface area contributed by atoms with Crippen LogP contribution in [-0.2, 0) is 14.4 Å². The number of carbonyl (C=O) groups is 3. The van der Waals surface area contributed by atoms with Gasteiger partial charge in [-0.25, -0.2) is 4.79 Å². The van der Waals surface area contributed by atoms with Gasteiger partial charge in [-0.1, -0.05) is 51.1 Å². The van der Waals surface area contributed by atoms with Gasteiger partial charge in [-0.15, -0.1) is 0 Å². The minimum Gasteiger partial charge on any atom is -0.475 e. The summed E-state index contributed by atoms with van der Waals surface area (Å²) in [6, 6.07) is 8.06. The molecule has 0 radical (unpaired) electrons. The molecule has 1 saturated heterocycles. The van der Waals surface area contributed by atoms with Crippen molar-refractivity contribution in [1.29, 1.82) is 0 Å². The van der Waals surface area contributed by atoms with E-state index in [2.05, 4.69) is 31.3 Å². The highest BCUT2D eigenvalue weighted by molar-refractivity contribution is 5.89. The molecule has 34 heavy (non-hydrogen) atoms. The topological polar surface area (TPSA) is 113 Å². The lowest BCUT2D eigenvalue weighted by atomic mass is 9.92. The molecule has 3 rings (SSSR count). The van der Waals surface area contributed by atoms with E-state index >= 15 is 0 Å². The van der Waals surface area contributed by atoms with Gasteiger partial charge in [0.15, 0.2) is 0 Å². The summed E-state index contributed by atoms with van der Waals surface area (Å²) in [7, 11) is 0. The number of alkyl halides is 3. The number of halogens is 3. The number of fused-ring (bicyclic) bond motifs is 5. The molecule has 4 N–H and O–H groups in total. The fourth-order valence-corrected chi connectivity index (χ4v) is 4.30. The minimum absolute atomic E-state index is 0.0292. The minimum atomic E-state index is -5.08. The van der Waals surface area contributed by atoms with Gasteiger partial charge in [0.1, 0.15) is 0 Å². The third-order valence-corrected chi connectivity index (χ3v) is 5.90. The largest absolute Gasteiger partial charge is 0.490 e. The van der Waals surface area contributed by atoms with Crippen molar-refractivity contribution in [1.82, 2.24) is 10.2 Å². The van der Waals surface area contributed by atoms with Crippen molar-refractivity contribution >= 4 is 17.8 Å². The van der Waals surface area contributed by atoms with E-state index in [0.29, 0.717) is 12.3 Å². The van der Waals surface area contributed by atoms with E-state index in [1.807, 2.05) is 30.0 Å². The van der Waals surface area contributed by atoms with E-state index in [9.17, 15) is 22.8 Å². The Balaban J connectivity index is 0.000000509. The van der Waals surface area contributed by atoms with Crippen molar-refractivity contribution < 1.29 is 32.7 Å². The lowest BCUT2D eigenvalue weighted by Gasteiger charge is -2.22. The Morgan fingerprint density at radius 1 is 1.18 bits per heavy atom. The molecule has 0 aromatic heterocycles. The van der Waals surface area contributed by atoms with Crippen molar-refractivity contribution in [2.24, 2.45) is 11.7 Å². The molecule has 2 heterocycles. The number of carboxylic acid groups (broad SMARTS) is 1. The highest BCUT2D eigenvalue weighted by atomic mass is 19.4. The number of aliphatic carboxylic acids is 1. The van der Waals surface area contributed by atoms with E-state index < -0.39 is 18.2 Å². The number of carbonyl (C=O) groups excluding carboxylic acids is 2. The zero-order chi connectivity index (χ0) is 25.6. The number of nitrogens with two attached hydrogens (primary N) is 1. The summed E-state index contributed by atoms with van der Waals surface area (Å²) < 4.78 is 31.7. The summed E-state index contributed by atoms with van der Waals surface area (Å²) in [5, 5.41) is 10.1. The number of nitrogens with zero attached hydrogens (tertiary/aromatic N) is 1. The second-order valence-electron chi connectivity index (χ2n) is 8.90. The summed E-state index contributed by atoms with van der Waals surface area (Å²) in [6.45, 7) is 6.10. The summed E-state index contributed by atoms with van der Waals surface area (Å²) in [5.74, 6) is -2.48. The lowest BCUT2D eigenvalue weighted by molar-refractivity contribution is -0.192. The van der Waals surface area contributed by atoms with Crippen LogP contribution in [0.2, 0.25) is 0 Å². The fraction of sp³-hybridized carbons (Fsp3) is 0.542. The highest BCUT2D eigenvalue weighted by Crippen LogP contribution is 2.52. The molecule has 7 nitrogen and oxygen atoms in total. The molecule has 0 unspecified atom stereocenters. The predicted molar refractivity (Wildman–Crippen MR) is 120 cm³/mol. The molecule has 1 fully saturated rings. The zero-order valence-electron chi connectivity index (χ0n) is 19.5. The second-order valence-corrected chi connectivity index (χ2v) is 8.90. The van der Waals surface area contributed by atoms with Crippen LogP contribution in [0.4, 0.5) is 13.2 Å². The number of hydrogen-bond acceptors (Lipinski definition) is 4. The first kappa shape index (κ1) is 27.4. The summed E-state index contributed by atoms with van der Waals surface area (Å²) >= 11 is 0. The first-order chi connectivity index (χ1) is 15.9. The number of rotatable bonds is 7. The Labute approximate surface area is 197 Å². The molecule has 4 atom stereocenters. The molecule has 2 aliphatic heterocycles. The average molecular weight is 484 g/mol. The van der Waals surface area contributed by atoms with Crippen molar-refractivity contribution in [3.63, 3.8) is 0 Å². The van der Waals surface area contributed by atoms with Crippen LogP contribution in [0.5, 0.6) is 0 Å². The molecule has 10 heteroatoms. The average Bonchev–Trinajstić information content (AvgIpc) is 3.33. The summed E-state index contributed by atoms with van der Waals surface area (Å²) in [6.07, 6.45) is 1.82. The standard InChI is InChI=1S/C22H31N3O2.C2HF3O2/c1-4-18(23)22(27)24-15(13-14(2)3)9-12-21(26)25-19-10-11-20(25)17-8-6-5-7-16(17)19;3-2(4,5)1(6)7/h5-9,12,14-15,18-20H,4,10-11,13,23H2,1-3H3,(H,24,27);(H,6,7)/b12-9+;/t15-,18+,19-,20+;/m1./s1. The van der Waals surface area contributed by atoms with Gasteiger partial charge in [-0.3, -0.25) is 9.59 Å². The van der Waals surface area contributed by atoms with Gasteiger partial charge in [0.2, 0.25) is 11.8 Å². The lowest BCUT2D eigenvalue weighted by Crippen LogP contribution is -2.45. The number of carboxylic acids is 1. The molecular formula is C24H32F3N3O4. The van der Waals surface area contributed by atoms with Gasteiger partial charge in [-0.2, -0.15) is 13.2 Å². The maximum absolute atomic E-state index is 12.9. The molecule has 2 bridgehead atoms. The Bertz CT molecular complexity index is 886. The molecule has 0 saturated carbocycles. The van der Waals surface area contributed by atoms with Gasteiger partial charge in [0.25, 0.3) is 0 Å².